The number of hydrogen-bond acceptors (Lipinski definition) is 2. The Morgan fingerprint density at radius 2 is 1.83 bits per heavy atom. The Morgan fingerprint density at radius 3 is 2.22 bits per heavy atom. The lowest BCUT2D eigenvalue weighted by Crippen LogP contribution is -2.50. The number of nitrogens with zero attached hydrogens (tertiary/aromatic N) is 1. The van der Waals surface area contributed by atoms with Gasteiger partial charge in [-0.05, 0) is 57.6 Å². The van der Waals surface area contributed by atoms with E-state index in [1.165, 1.54) is 6.07 Å². The molecule has 100 valence electrons. The molecule has 0 unspecified atom stereocenters. The molecule has 1 aromatic carbocycles. The summed E-state index contributed by atoms with van der Waals surface area (Å²) in [4.78, 5) is 14.6. The summed E-state index contributed by atoms with van der Waals surface area (Å²) in [6, 6.07) is 4.59. The fraction of sp³-hybridized carbons (Fsp3) is 0.533. The van der Waals surface area contributed by atoms with Crippen molar-refractivity contribution in [2.45, 2.75) is 39.2 Å². The van der Waals surface area contributed by atoms with E-state index in [1.54, 1.807) is 19.1 Å². The number of hydrogen-bond donors (Lipinski definition) is 0. The third-order valence-corrected chi connectivity index (χ3v) is 3.87. The van der Waals surface area contributed by atoms with Crippen molar-refractivity contribution < 1.29 is 9.18 Å². The van der Waals surface area contributed by atoms with Gasteiger partial charge >= 0.3 is 0 Å². The van der Waals surface area contributed by atoms with E-state index in [4.69, 9.17) is 0 Å². The highest BCUT2D eigenvalue weighted by Gasteiger charge is 2.37. The van der Waals surface area contributed by atoms with Crippen molar-refractivity contribution in [2.24, 2.45) is 0 Å². The number of likely N-dealkylation sites (N-methyl/N-ethyl adjacent to an activating group) is 1. The van der Waals surface area contributed by atoms with Crippen molar-refractivity contribution in [1.29, 1.82) is 0 Å². The van der Waals surface area contributed by atoms with Gasteiger partial charge < -0.3 is 0 Å². The average Bonchev–Trinajstić information content (AvgIpc) is 2.34. The molecule has 1 rings (SSSR count). The molecule has 0 spiro atoms. The first kappa shape index (κ1) is 14.8. The van der Waals surface area contributed by atoms with E-state index in [0.717, 1.165) is 12.8 Å². The minimum absolute atomic E-state index is 0.0700. The molecule has 0 N–H and O–H groups in total. The lowest BCUT2D eigenvalue weighted by atomic mass is 9.83. The van der Waals surface area contributed by atoms with Crippen LogP contribution in [0.3, 0.4) is 0 Å². The maximum atomic E-state index is 13.3. The van der Waals surface area contributed by atoms with Crippen LogP contribution in [-0.2, 0) is 0 Å². The van der Waals surface area contributed by atoms with Gasteiger partial charge in [0.15, 0.2) is 5.78 Å². The maximum Gasteiger partial charge on any atom is 0.183 e. The SMILES string of the molecule is CCC(CC)(C(=O)c1ccc(F)c(C)c1)N(C)C. The van der Waals surface area contributed by atoms with Gasteiger partial charge in [-0.25, -0.2) is 4.39 Å². The molecule has 2 nitrogen and oxygen atoms in total. The Morgan fingerprint density at radius 1 is 1.28 bits per heavy atom. The summed E-state index contributed by atoms with van der Waals surface area (Å²) in [7, 11) is 3.84. The summed E-state index contributed by atoms with van der Waals surface area (Å²) in [5, 5.41) is 0. The molecule has 0 aromatic heterocycles. The number of carbonyl (C=O) groups excluding carboxylic acids is 1. The zero-order valence-corrected chi connectivity index (χ0v) is 11.9. The molecule has 0 radical (unpaired) electrons. The highest BCUT2D eigenvalue weighted by Crippen LogP contribution is 2.27. The molecule has 0 saturated heterocycles. The van der Waals surface area contributed by atoms with E-state index in [0.29, 0.717) is 11.1 Å². The summed E-state index contributed by atoms with van der Waals surface area (Å²) in [6.45, 7) is 5.71. The van der Waals surface area contributed by atoms with Crippen LogP contribution in [0.25, 0.3) is 0 Å². The van der Waals surface area contributed by atoms with Crippen LogP contribution in [0.15, 0.2) is 18.2 Å². The van der Waals surface area contributed by atoms with E-state index in [9.17, 15) is 9.18 Å². The zero-order valence-electron chi connectivity index (χ0n) is 11.9. The van der Waals surface area contributed by atoms with Crippen LogP contribution in [0.5, 0.6) is 0 Å². The van der Waals surface area contributed by atoms with Crippen molar-refractivity contribution in [1.82, 2.24) is 4.90 Å². The minimum atomic E-state index is -0.496. The topological polar surface area (TPSA) is 20.3 Å². The standard InChI is InChI=1S/C15H22FNO/c1-6-15(7-2,17(4)5)14(18)12-8-9-13(16)11(3)10-12/h8-10H,6-7H2,1-5H3. The molecular weight excluding hydrogens is 229 g/mol. The summed E-state index contributed by atoms with van der Waals surface area (Å²) in [6.07, 6.45) is 1.48. The van der Waals surface area contributed by atoms with Crippen molar-refractivity contribution in [3.8, 4) is 0 Å². The fourth-order valence-corrected chi connectivity index (χ4v) is 2.46. The summed E-state index contributed by atoms with van der Waals surface area (Å²) in [5.41, 5.74) is 0.608. The molecule has 0 aliphatic heterocycles. The second-order valence-corrected chi connectivity index (χ2v) is 4.93. The molecular formula is C15H22FNO. The molecule has 0 aliphatic rings. The van der Waals surface area contributed by atoms with Crippen molar-refractivity contribution in [2.75, 3.05) is 14.1 Å². The molecule has 0 bridgehead atoms. The Balaban J connectivity index is 3.22. The normalized spacial score (nSPS) is 11.9. The third kappa shape index (κ3) is 2.46. The first-order chi connectivity index (χ1) is 8.39. The van der Waals surface area contributed by atoms with Gasteiger partial charge in [0.2, 0.25) is 0 Å². The quantitative estimate of drug-likeness (QED) is 0.747. The van der Waals surface area contributed by atoms with Crippen LogP contribution in [0, 0.1) is 12.7 Å². The minimum Gasteiger partial charge on any atom is -0.297 e. The second kappa shape index (κ2) is 5.61. The number of halogens is 1. The summed E-state index contributed by atoms with van der Waals surface area (Å²) < 4.78 is 13.3. The van der Waals surface area contributed by atoms with Gasteiger partial charge in [-0.1, -0.05) is 13.8 Å². The Labute approximate surface area is 109 Å². The van der Waals surface area contributed by atoms with Crippen molar-refractivity contribution in [3.63, 3.8) is 0 Å². The monoisotopic (exact) mass is 251 g/mol. The van der Waals surface area contributed by atoms with Crippen LogP contribution >= 0.6 is 0 Å². The molecule has 0 saturated carbocycles. The Hall–Kier alpha value is -1.22. The van der Waals surface area contributed by atoms with Crippen LogP contribution < -0.4 is 0 Å². The highest BCUT2D eigenvalue weighted by molar-refractivity contribution is 6.03. The maximum absolute atomic E-state index is 13.3. The zero-order chi connectivity index (χ0) is 13.9. The Bertz CT molecular complexity index is 436. The smallest absolute Gasteiger partial charge is 0.183 e. The first-order valence-corrected chi connectivity index (χ1v) is 6.37. The first-order valence-electron chi connectivity index (χ1n) is 6.37. The molecule has 0 atom stereocenters. The van der Waals surface area contributed by atoms with Crippen LogP contribution in [0.4, 0.5) is 4.39 Å². The number of Topliss-reactive ketones (excluding diaryl/α,β-unsaturated/α-hetero) is 1. The van der Waals surface area contributed by atoms with Gasteiger partial charge in [0.25, 0.3) is 0 Å². The van der Waals surface area contributed by atoms with Gasteiger partial charge in [0.05, 0.1) is 5.54 Å². The van der Waals surface area contributed by atoms with E-state index < -0.39 is 5.54 Å². The number of aryl methyl sites for hydroxylation is 1. The molecule has 1 aromatic rings. The van der Waals surface area contributed by atoms with Gasteiger partial charge in [-0.3, -0.25) is 9.69 Å². The highest BCUT2D eigenvalue weighted by atomic mass is 19.1. The fourth-order valence-electron chi connectivity index (χ4n) is 2.46. The number of carbonyl (C=O) groups is 1. The molecule has 0 amide bonds. The largest absolute Gasteiger partial charge is 0.297 e. The predicted molar refractivity (Wildman–Crippen MR) is 72.5 cm³/mol. The molecule has 18 heavy (non-hydrogen) atoms. The van der Waals surface area contributed by atoms with Gasteiger partial charge in [0.1, 0.15) is 5.82 Å². The molecule has 0 heterocycles. The van der Waals surface area contributed by atoms with Crippen LogP contribution in [0.2, 0.25) is 0 Å². The van der Waals surface area contributed by atoms with E-state index in [1.807, 2.05) is 32.8 Å². The number of rotatable bonds is 5. The molecule has 3 heteroatoms. The molecule has 0 aliphatic carbocycles. The summed E-state index contributed by atoms with van der Waals surface area (Å²) >= 11 is 0. The number of ketones is 1. The van der Waals surface area contributed by atoms with Crippen molar-refractivity contribution in [3.05, 3.63) is 35.1 Å². The second-order valence-electron chi connectivity index (χ2n) is 4.93. The van der Waals surface area contributed by atoms with E-state index in [2.05, 4.69) is 0 Å². The lowest BCUT2D eigenvalue weighted by Gasteiger charge is -2.37. The van der Waals surface area contributed by atoms with Gasteiger partial charge in [0, 0.05) is 5.56 Å². The van der Waals surface area contributed by atoms with E-state index in [-0.39, 0.29) is 11.6 Å². The molecule has 0 fully saturated rings. The van der Waals surface area contributed by atoms with E-state index >= 15 is 0 Å². The van der Waals surface area contributed by atoms with Crippen LogP contribution in [-0.4, -0.2) is 30.3 Å². The summed E-state index contributed by atoms with van der Waals surface area (Å²) in [5.74, 6) is -0.199. The van der Waals surface area contributed by atoms with Crippen molar-refractivity contribution >= 4 is 5.78 Å². The van der Waals surface area contributed by atoms with Crippen LogP contribution in [0.1, 0.15) is 42.6 Å². The number of benzene rings is 1. The average molecular weight is 251 g/mol. The third-order valence-electron chi connectivity index (χ3n) is 3.87. The Kier molecular flexibility index (Phi) is 4.63. The lowest BCUT2D eigenvalue weighted by molar-refractivity contribution is 0.0656. The van der Waals surface area contributed by atoms with Gasteiger partial charge in [-0.2, -0.15) is 0 Å². The van der Waals surface area contributed by atoms with Gasteiger partial charge in [-0.15, -0.1) is 0 Å². The predicted octanol–water partition coefficient (Wildman–Crippen LogP) is 3.44.